The van der Waals surface area contributed by atoms with Crippen LogP contribution in [0.1, 0.15) is 73.1 Å². The van der Waals surface area contributed by atoms with E-state index in [9.17, 15) is 14.4 Å². The van der Waals surface area contributed by atoms with Crippen LogP contribution in [0.4, 0.5) is 0 Å². The number of unbranched alkanes of at least 4 members (excludes halogenated alkanes) is 3. The molecule has 3 atom stereocenters. The number of carbonyl (C=O) groups is 3. The molecule has 0 bridgehead atoms. The van der Waals surface area contributed by atoms with E-state index in [-0.39, 0.29) is 17.7 Å². The standard InChI is InChI=1S/C21H40N4O4/c1-6-7-8-9-11-23-25-21(28)18-17(29-18)20(27)24-16(13-15(4)5)19(26)22-12-10-14(2)3/h14-18,23H,6-13H2,1-5H3,(H,22,26)(H,24,27)(H,25,28)/t16-,17-,18-/m0/s1. The van der Waals surface area contributed by atoms with Gasteiger partial charge in [-0.05, 0) is 31.1 Å². The second kappa shape index (κ2) is 13.5. The van der Waals surface area contributed by atoms with E-state index in [4.69, 9.17) is 4.74 Å². The van der Waals surface area contributed by atoms with Crippen molar-refractivity contribution in [2.45, 2.75) is 91.4 Å². The van der Waals surface area contributed by atoms with E-state index < -0.39 is 24.2 Å². The number of hydrogen-bond acceptors (Lipinski definition) is 5. The first-order valence-electron chi connectivity index (χ1n) is 11.0. The van der Waals surface area contributed by atoms with Crippen LogP contribution in [0.25, 0.3) is 0 Å². The van der Waals surface area contributed by atoms with Gasteiger partial charge in [0.15, 0.2) is 12.2 Å². The Morgan fingerprint density at radius 2 is 1.59 bits per heavy atom. The van der Waals surface area contributed by atoms with Gasteiger partial charge in [-0.25, -0.2) is 5.43 Å². The van der Waals surface area contributed by atoms with Crippen molar-refractivity contribution in [2.75, 3.05) is 13.1 Å². The monoisotopic (exact) mass is 412 g/mol. The van der Waals surface area contributed by atoms with Crippen LogP contribution >= 0.6 is 0 Å². The fourth-order valence-electron chi connectivity index (χ4n) is 2.94. The molecule has 8 heteroatoms. The summed E-state index contributed by atoms with van der Waals surface area (Å²) in [4.78, 5) is 36.9. The molecule has 0 aliphatic carbocycles. The number of nitrogens with one attached hydrogen (secondary N) is 4. The maximum Gasteiger partial charge on any atom is 0.266 e. The third-order valence-electron chi connectivity index (χ3n) is 4.74. The average molecular weight is 413 g/mol. The summed E-state index contributed by atoms with van der Waals surface area (Å²) in [5.74, 6) is -0.233. The topological polar surface area (TPSA) is 112 Å². The smallest absolute Gasteiger partial charge is 0.266 e. The summed E-state index contributed by atoms with van der Waals surface area (Å²) < 4.78 is 5.24. The molecule has 0 radical (unpaired) electrons. The number of rotatable bonds is 15. The summed E-state index contributed by atoms with van der Waals surface area (Å²) in [6.45, 7) is 11.6. The third-order valence-corrected chi connectivity index (χ3v) is 4.74. The number of amides is 3. The lowest BCUT2D eigenvalue weighted by Gasteiger charge is -2.20. The van der Waals surface area contributed by atoms with Gasteiger partial charge in [0, 0.05) is 13.1 Å². The molecule has 1 aliphatic heterocycles. The van der Waals surface area contributed by atoms with Crippen LogP contribution in [0.3, 0.4) is 0 Å². The molecule has 29 heavy (non-hydrogen) atoms. The highest BCUT2D eigenvalue weighted by molar-refractivity contribution is 5.96. The fourth-order valence-corrected chi connectivity index (χ4v) is 2.94. The second-order valence-electron chi connectivity index (χ2n) is 8.62. The van der Waals surface area contributed by atoms with Crippen LogP contribution < -0.4 is 21.5 Å². The Morgan fingerprint density at radius 3 is 2.21 bits per heavy atom. The van der Waals surface area contributed by atoms with Crippen molar-refractivity contribution < 1.29 is 19.1 Å². The quantitative estimate of drug-likeness (QED) is 0.186. The summed E-state index contributed by atoms with van der Waals surface area (Å²) in [7, 11) is 0. The van der Waals surface area contributed by atoms with Crippen LogP contribution in [-0.4, -0.2) is 49.1 Å². The summed E-state index contributed by atoms with van der Waals surface area (Å²) in [6, 6.07) is -0.626. The Bertz CT molecular complexity index is 525. The average Bonchev–Trinajstić information content (AvgIpc) is 3.44. The molecule has 1 aliphatic rings. The first kappa shape index (κ1) is 25.4. The largest absolute Gasteiger partial charge is 0.354 e. The molecule has 0 aromatic rings. The lowest BCUT2D eigenvalue weighted by Crippen LogP contribution is -2.49. The van der Waals surface area contributed by atoms with E-state index in [1.165, 1.54) is 6.42 Å². The lowest BCUT2D eigenvalue weighted by molar-refractivity contribution is -0.130. The molecule has 168 valence electrons. The van der Waals surface area contributed by atoms with E-state index in [0.717, 1.165) is 25.7 Å². The zero-order valence-corrected chi connectivity index (χ0v) is 18.7. The number of carbonyl (C=O) groups excluding carboxylic acids is 3. The van der Waals surface area contributed by atoms with E-state index >= 15 is 0 Å². The molecule has 0 spiro atoms. The van der Waals surface area contributed by atoms with Gasteiger partial charge in [-0.2, -0.15) is 0 Å². The fraction of sp³-hybridized carbons (Fsp3) is 0.857. The first-order chi connectivity index (χ1) is 13.8. The Morgan fingerprint density at radius 1 is 0.897 bits per heavy atom. The number of epoxide rings is 1. The van der Waals surface area contributed by atoms with Crippen molar-refractivity contribution in [3.05, 3.63) is 0 Å². The zero-order chi connectivity index (χ0) is 21.8. The molecule has 1 fully saturated rings. The van der Waals surface area contributed by atoms with Gasteiger partial charge in [-0.15, -0.1) is 0 Å². The van der Waals surface area contributed by atoms with Gasteiger partial charge in [0.25, 0.3) is 11.8 Å². The molecule has 3 amide bonds. The highest BCUT2D eigenvalue weighted by Crippen LogP contribution is 2.22. The maximum atomic E-state index is 12.4. The van der Waals surface area contributed by atoms with Gasteiger partial charge in [0.05, 0.1) is 0 Å². The van der Waals surface area contributed by atoms with E-state index in [1.807, 2.05) is 13.8 Å². The van der Waals surface area contributed by atoms with Crippen molar-refractivity contribution in [3.63, 3.8) is 0 Å². The summed E-state index contributed by atoms with van der Waals surface area (Å²) in [5.41, 5.74) is 5.45. The normalized spacial score (nSPS) is 19.1. The van der Waals surface area contributed by atoms with Gasteiger partial charge in [-0.1, -0.05) is 53.9 Å². The molecule has 8 nitrogen and oxygen atoms in total. The van der Waals surface area contributed by atoms with Crippen LogP contribution in [-0.2, 0) is 19.1 Å². The second-order valence-corrected chi connectivity index (χ2v) is 8.62. The minimum Gasteiger partial charge on any atom is -0.354 e. The van der Waals surface area contributed by atoms with Crippen LogP contribution in [0, 0.1) is 11.8 Å². The minimum absolute atomic E-state index is 0.192. The van der Waals surface area contributed by atoms with Crippen molar-refractivity contribution >= 4 is 17.7 Å². The molecular weight excluding hydrogens is 372 g/mol. The Hall–Kier alpha value is -1.67. The number of hydrazine groups is 1. The summed E-state index contributed by atoms with van der Waals surface area (Å²) in [6.07, 6.45) is 4.19. The Kier molecular flexibility index (Phi) is 11.8. The van der Waals surface area contributed by atoms with Gasteiger partial charge in [0.2, 0.25) is 5.91 Å². The highest BCUT2D eigenvalue weighted by Gasteiger charge is 2.51. The minimum atomic E-state index is -0.838. The van der Waals surface area contributed by atoms with Crippen LogP contribution in [0.5, 0.6) is 0 Å². The molecule has 0 aromatic heterocycles. The molecule has 4 N–H and O–H groups in total. The highest BCUT2D eigenvalue weighted by atomic mass is 16.6. The molecule has 1 rings (SSSR count). The Balaban J connectivity index is 2.38. The van der Waals surface area contributed by atoms with E-state index in [2.05, 4.69) is 42.3 Å². The van der Waals surface area contributed by atoms with Crippen LogP contribution in [0.15, 0.2) is 0 Å². The van der Waals surface area contributed by atoms with Crippen molar-refractivity contribution in [3.8, 4) is 0 Å². The lowest BCUT2D eigenvalue weighted by atomic mass is 10.0. The molecule has 1 saturated heterocycles. The van der Waals surface area contributed by atoms with Gasteiger partial charge in [0.1, 0.15) is 6.04 Å². The predicted molar refractivity (Wildman–Crippen MR) is 113 cm³/mol. The van der Waals surface area contributed by atoms with Gasteiger partial charge >= 0.3 is 0 Å². The molecule has 0 unspecified atom stereocenters. The first-order valence-corrected chi connectivity index (χ1v) is 11.0. The number of hydrogen-bond donors (Lipinski definition) is 4. The molecular formula is C21H40N4O4. The molecule has 1 heterocycles. The molecule has 0 saturated carbocycles. The van der Waals surface area contributed by atoms with Crippen LogP contribution in [0.2, 0.25) is 0 Å². The van der Waals surface area contributed by atoms with Crippen molar-refractivity contribution in [1.82, 2.24) is 21.5 Å². The number of ether oxygens (including phenoxy) is 1. The predicted octanol–water partition coefficient (Wildman–Crippen LogP) is 1.65. The van der Waals surface area contributed by atoms with E-state index in [0.29, 0.717) is 25.4 Å². The Labute approximate surface area is 175 Å². The molecule has 0 aromatic carbocycles. The zero-order valence-electron chi connectivity index (χ0n) is 18.7. The third kappa shape index (κ3) is 10.6. The van der Waals surface area contributed by atoms with Crippen molar-refractivity contribution in [2.24, 2.45) is 11.8 Å². The SMILES string of the molecule is CCCCCCNNC(=O)[C@H]1O[C@@H]1C(=O)N[C@@H](CC(C)C)C(=O)NCCC(C)C. The van der Waals surface area contributed by atoms with E-state index in [1.54, 1.807) is 0 Å². The maximum absolute atomic E-state index is 12.4. The summed E-state index contributed by atoms with van der Waals surface area (Å²) in [5, 5.41) is 5.63. The summed E-state index contributed by atoms with van der Waals surface area (Å²) >= 11 is 0. The van der Waals surface area contributed by atoms with Gasteiger partial charge < -0.3 is 15.4 Å². The van der Waals surface area contributed by atoms with Gasteiger partial charge in [-0.3, -0.25) is 19.8 Å². The van der Waals surface area contributed by atoms with Crippen molar-refractivity contribution in [1.29, 1.82) is 0 Å².